The molecule has 0 saturated carbocycles. The summed E-state index contributed by atoms with van der Waals surface area (Å²) in [6, 6.07) is 34.4. The fraction of sp³-hybridized carbons (Fsp3) is 0.350. The number of likely N-dealkylation sites (tertiary alicyclic amines) is 2. The van der Waals surface area contributed by atoms with Crippen molar-refractivity contribution in [2.75, 3.05) is 63.0 Å². The lowest BCUT2D eigenvalue weighted by Gasteiger charge is -2.33. The summed E-state index contributed by atoms with van der Waals surface area (Å²) in [5.74, 6) is 1.17. The Balaban J connectivity index is 0.000000184. The normalized spacial score (nSPS) is 14.6. The maximum absolute atomic E-state index is 11.2. The molecule has 2 fully saturated rings. The van der Waals surface area contributed by atoms with Crippen LogP contribution in [0.5, 0.6) is 0 Å². The summed E-state index contributed by atoms with van der Waals surface area (Å²) in [6.07, 6.45) is 11.8. The molecule has 4 aromatic carbocycles. The Morgan fingerprint density at radius 1 is 0.533 bits per heavy atom. The Kier molecular flexibility index (Phi) is 16.9. The van der Waals surface area contributed by atoms with Gasteiger partial charge in [-0.05, 0) is 126 Å². The smallest absolute Gasteiger partial charge is 0.227 e. The van der Waals surface area contributed by atoms with Gasteiger partial charge in [-0.25, -0.2) is 29.9 Å². The van der Waals surface area contributed by atoms with Gasteiger partial charge in [0.1, 0.15) is 0 Å². The van der Waals surface area contributed by atoms with E-state index in [2.05, 4.69) is 171 Å². The number of aromatic nitrogens is 8. The highest BCUT2D eigenvalue weighted by atomic mass is 16.1. The van der Waals surface area contributed by atoms with Crippen molar-refractivity contribution in [3.8, 4) is 45.3 Å². The van der Waals surface area contributed by atoms with E-state index >= 15 is 0 Å². The fourth-order valence-electron chi connectivity index (χ4n) is 10.5. The second kappa shape index (κ2) is 24.2. The topological polar surface area (TPSA) is 173 Å². The van der Waals surface area contributed by atoms with E-state index in [1.807, 2.05) is 37.2 Å². The van der Waals surface area contributed by atoms with Gasteiger partial charge in [0.05, 0.1) is 46.8 Å². The number of carbonyl (C=O) groups excluding carboxylic acids is 1. The van der Waals surface area contributed by atoms with Crippen LogP contribution in [0.4, 0.5) is 23.3 Å². The zero-order valence-corrected chi connectivity index (χ0v) is 44.6. The lowest BCUT2D eigenvalue weighted by Crippen LogP contribution is -2.39. The molecule has 0 radical (unpaired) electrons. The molecule has 0 unspecified atom stereocenters. The van der Waals surface area contributed by atoms with Crippen molar-refractivity contribution in [3.05, 3.63) is 155 Å². The molecule has 6 heterocycles. The monoisotopic (exact) mass is 1000 g/mol. The molecule has 0 spiro atoms. The second-order valence-electron chi connectivity index (χ2n) is 20.4. The van der Waals surface area contributed by atoms with E-state index in [0.29, 0.717) is 37.1 Å². The first-order valence-corrected chi connectivity index (χ1v) is 26.4. The molecule has 75 heavy (non-hydrogen) atoms. The molecule has 0 atom stereocenters. The summed E-state index contributed by atoms with van der Waals surface area (Å²) in [5.41, 5.74) is 22.8. The van der Waals surface area contributed by atoms with Gasteiger partial charge >= 0.3 is 0 Å². The lowest BCUT2D eigenvalue weighted by atomic mass is 10.0. The number of nitrogens with two attached hydrogens (primary N) is 1. The molecule has 0 bridgehead atoms. The van der Waals surface area contributed by atoms with Gasteiger partial charge in [0.2, 0.25) is 17.8 Å². The van der Waals surface area contributed by atoms with Crippen LogP contribution in [0.1, 0.15) is 78.1 Å². The van der Waals surface area contributed by atoms with Crippen LogP contribution in [0.3, 0.4) is 0 Å². The third kappa shape index (κ3) is 13.4. The van der Waals surface area contributed by atoms with E-state index in [1.165, 1.54) is 33.4 Å². The number of piperidine rings is 2. The van der Waals surface area contributed by atoms with Crippen LogP contribution in [0, 0.1) is 41.5 Å². The van der Waals surface area contributed by atoms with Gasteiger partial charge in [-0.2, -0.15) is 0 Å². The zero-order chi connectivity index (χ0) is 52.4. The van der Waals surface area contributed by atoms with Crippen LogP contribution in [0.15, 0.2) is 122 Å². The first-order chi connectivity index (χ1) is 36.3. The van der Waals surface area contributed by atoms with Gasteiger partial charge in [-0.15, -0.1) is 0 Å². The molecule has 10 rings (SSSR count). The third-order valence-corrected chi connectivity index (χ3v) is 14.1. The van der Waals surface area contributed by atoms with Crippen LogP contribution in [0.25, 0.3) is 45.3 Å². The largest absolute Gasteiger partial charge is 0.355 e. The van der Waals surface area contributed by atoms with Crippen LogP contribution < -0.4 is 21.7 Å². The molecule has 2 saturated heterocycles. The van der Waals surface area contributed by atoms with Crippen molar-refractivity contribution < 1.29 is 4.79 Å². The van der Waals surface area contributed by atoms with Crippen LogP contribution >= 0.6 is 0 Å². The number of aryl methyl sites for hydroxylation is 6. The number of nitrogens with zero attached hydrogens (tertiary/aromatic N) is 10. The predicted octanol–water partition coefficient (Wildman–Crippen LogP) is 10.7. The Hall–Kier alpha value is -7.59. The predicted molar refractivity (Wildman–Crippen MR) is 302 cm³/mol. The minimum absolute atomic E-state index is 0.0211. The molecular formula is C60H72N14O. The molecule has 388 valence electrons. The maximum Gasteiger partial charge on any atom is 0.227 e. The standard InChI is InChI=1S/C31H37N7O.C29H35N7/c1-21-5-7-25(8-6-21)29-30(28-9-12-33-31(36-28)35-26-18-22(2)17-23(3)19-26)38(20-34-29)27-10-14-37(15-11-27)16-13-32-24(4)39;1-20-4-6-23(7-5-20)27-28(36(19-32-27)25-9-13-35(14-10-25)15-11-30)26-8-12-31-29(34-26)33-24-17-21(2)16-22(3)18-24/h5-9,12,17-20,27H,10-11,13-16H2,1-4H3,(H,32,39)(H,33,35,36);4-8,12,16-19,25H,9-11,13-15,30H2,1-3H3,(H,31,33,34). The summed E-state index contributed by atoms with van der Waals surface area (Å²) in [6.45, 7) is 21.4. The van der Waals surface area contributed by atoms with Gasteiger partial charge in [-0.1, -0.05) is 71.8 Å². The van der Waals surface area contributed by atoms with Crippen molar-refractivity contribution in [2.45, 2.75) is 86.2 Å². The van der Waals surface area contributed by atoms with E-state index in [4.69, 9.17) is 25.7 Å². The van der Waals surface area contributed by atoms with Crippen molar-refractivity contribution in [1.29, 1.82) is 0 Å². The number of benzene rings is 4. The van der Waals surface area contributed by atoms with Crippen LogP contribution in [-0.2, 0) is 4.79 Å². The first kappa shape index (κ1) is 52.3. The molecule has 2 aliphatic rings. The van der Waals surface area contributed by atoms with E-state index in [0.717, 1.165) is 122 Å². The molecule has 15 nitrogen and oxygen atoms in total. The molecule has 2 aliphatic heterocycles. The van der Waals surface area contributed by atoms with E-state index in [-0.39, 0.29) is 5.91 Å². The highest BCUT2D eigenvalue weighted by Crippen LogP contribution is 2.38. The molecule has 1 amide bonds. The first-order valence-electron chi connectivity index (χ1n) is 26.4. The van der Waals surface area contributed by atoms with E-state index in [9.17, 15) is 4.79 Å². The number of anilines is 4. The number of rotatable bonds is 15. The maximum atomic E-state index is 11.2. The quantitative estimate of drug-likeness (QED) is 0.0767. The fourth-order valence-corrected chi connectivity index (χ4v) is 10.5. The number of imidazole rings is 2. The number of amides is 1. The zero-order valence-electron chi connectivity index (χ0n) is 44.6. The Bertz CT molecular complexity index is 3140. The number of nitrogens with one attached hydrogen (secondary N) is 3. The number of hydrogen-bond acceptors (Lipinski definition) is 12. The Morgan fingerprint density at radius 3 is 1.32 bits per heavy atom. The Morgan fingerprint density at radius 2 is 0.933 bits per heavy atom. The SMILES string of the molecule is CC(=O)NCCN1CCC(n2cnc(-c3ccc(C)cc3)c2-c2ccnc(Nc3cc(C)cc(C)c3)n2)CC1.Cc1ccc(-c2ncn(C3CCN(CCN)CC3)c2-c2ccnc(Nc3cc(C)cc(C)c3)n2)cc1. The minimum atomic E-state index is 0.0211. The molecule has 8 aromatic rings. The average molecular weight is 1010 g/mol. The molecule has 4 aromatic heterocycles. The summed E-state index contributed by atoms with van der Waals surface area (Å²) in [5, 5.41) is 9.71. The summed E-state index contributed by atoms with van der Waals surface area (Å²) in [7, 11) is 0. The van der Waals surface area contributed by atoms with E-state index in [1.54, 1.807) is 6.92 Å². The number of carbonyl (C=O) groups is 1. The number of hydrogen-bond donors (Lipinski definition) is 4. The van der Waals surface area contributed by atoms with Crippen LogP contribution in [-0.4, -0.2) is 107 Å². The van der Waals surface area contributed by atoms with Gasteiger partial charge in [0.25, 0.3) is 0 Å². The van der Waals surface area contributed by atoms with Gasteiger partial charge in [0.15, 0.2) is 0 Å². The summed E-state index contributed by atoms with van der Waals surface area (Å²) < 4.78 is 4.64. The highest BCUT2D eigenvalue weighted by Gasteiger charge is 2.28. The van der Waals surface area contributed by atoms with Crippen molar-refractivity contribution >= 4 is 29.2 Å². The summed E-state index contributed by atoms with van der Waals surface area (Å²) in [4.78, 5) is 44.9. The molecule has 15 heteroatoms. The van der Waals surface area contributed by atoms with E-state index < -0.39 is 0 Å². The average Bonchev–Trinajstić information content (AvgIpc) is 4.04. The Labute approximate surface area is 442 Å². The summed E-state index contributed by atoms with van der Waals surface area (Å²) >= 11 is 0. The van der Waals surface area contributed by atoms with Gasteiger partial charge < -0.3 is 40.6 Å². The van der Waals surface area contributed by atoms with Gasteiger partial charge in [-0.3, -0.25) is 4.79 Å². The minimum Gasteiger partial charge on any atom is -0.355 e. The molecule has 0 aliphatic carbocycles. The van der Waals surface area contributed by atoms with Crippen molar-refractivity contribution in [3.63, 3.8) is 0 Å². The van der Waals surface area contributed by atoms with Gasteiger partial charge in [0, 0.05) is 106 Å². The van der Waals surface area contributed by atoms with Crippen molar-refractivity contribution in [1.82, 2.24) is 54.2 Å². The third-order valence-electron chi connectivity index (χ3n) is 14.1. The lowest BCUT2D eigenvalue weighted by molar-refractivity contribution is -0.119. The molecule has 5 N–H and O–H groups in total. The second-order valence-corrected chi connectivity index (χ2v) is 20.4. The van der Waals surface area contributed by atoms with Crippen LogP contribution in [0.2, 0.25) is 0 Å². The highest BCUT2D eigenvalue weighted by molar-refractivity contribution is 5.79. The molecular weight excluding hydrogens is 933 g/mol. The van der Waals surface area contributed by atoms with Crippen molar-refractivity contribution in [2.24, 2.45) is 5.73 Å².